The quantitative estimate of drug-likeness (QED) is 0.626. The van der Waals surface area contributed by atoms with Gasteiger partial charge >= 0.3 is 0 Å². The Balaban J connectivity index is 1.57. The molecular weight excluding hydrogens is 122 g/mol. The van der Waals surface area contributed by atoms with Crippen molar-refractivity contribution >= 4 is 0 Å². The molecule has 0 aromatic carbocycles. The van der Waals surface area contributed by atoms with Crippen molar-refractivity contribution < 1.29 is 0 Å². The Labute approximate surface area is 63.2 Å². The Hall–Kier alpha value is -0.0400. The molecule has 2 aliphatic rings. The first-order valence-electron chi connectivity index (χ1n) is 4.50. The molecule has 2 saturated carbocycles. The maximum atomic E-state index is 3.60. The summed E-state index contributed by atoms with van der Waals surface area (Å²) in [5.74, 6) is 3.00. The van der Waals surface area contributed by atoms with E-state index in [0.717, 1.165) is 23.8 Å². The molecule has 0 saturated heterocycles. The van der Waals surface area contributed by atoms with Crippen LogP contribution in [0.15, 0.2) is 0 Å². The van der Waals surface area contributed by atoms with Gasteiger partial charge in [0, 0.05) is 6.04 Å². The van der Waals surface area contributed by atoms with Crippen molar-refractivity contribution in [3.63, 3.8) is 0 Å². The molecule has 2 unspecified atom stereocenters. The molecule has 1 nitrogen and oxygen atoms in total. The topological polar surface area (TPSA) is 12.0 Å². The minimum absolute atomic E-state index is 0.882. The van der Waals surface area contributed by atoms with Crippen molar-refractivity contribution in [2.75, 3.05) is 6.54 Å². The lowest BCUT2D eigenvalue weighted by molar-refractivity contribution is 0.590. The molecular formula is C9H17N. The van der Waals surface area contributed by atoms with Gasteiger partial charge in [0.2, 0.25) is 0 Å². The predicted octanol–water partition coefficient (Wildman–Crippen LogP) is 1.64. The Morgan fingerprint density at radius 3 is 2.20 bits per heavy atom. The van der Waals surface area contributed by atoms with Crippen LogP contribution in [0, 0.1) is 17.8 Å². The van der Waals surface area contributed by atoms with E-state index < -0.39 is 0 Å². The molecule has 2 fully saturated rings. The molecule has 1 N–H and O–H groups in total. The highest BCUT2D eigenvalue weighted by Gasteiger charge is 2.36. The van der Waals surface area contributed by atoms with Gasteiger partial charge in [-0.3, -0.25) is 0 Å². The lowest BCUT2D eigenvalue weighted by atomic mass is 10.3. The van der Waals surface area contributed by atoms with Gasteiger partial charge in [-0.25, -0.2) is 0 Å². The average Bonchev–Trinajstić information content (AvgIpc) is 2.71. The molecule has 0 aliphatic heterocycles. The Bertz CT molecular complexity index is 117. The van der Waals surface area contributed by atoms with E-state index in [1.165, 1.54) is 19.4 Å². The summed E-state index contributed by atoms with van der Waals surface area (Å²) in [5, 5.41) is 3.60. The van der Waals surface area contributed by atoms with Crippen LogP contribution in [0.4, 0.5) is 0 Å². The van der Waals surface area contributed by atoms with E-state index in [9.17, 15) is 0 Å². The lowest BCUT2D eigenvalue weighted by Gasteiger charge is -1.99. The largest absolute Gasteiger partial charge is 0.313 e. The first-order valence-corrected chi connectivity index (χ1v) is 4.50. The van der Waals surface area contributed by atoms with Gasteiger partial charge < -0.3 is 5.32 Å². The number of rotatable bonds is 3. The Morgan fingerprint density at radius 2 is 1.80 bits per heavy atom. The number of nitrogens with one attached hydrogen (secondary N) is 1. The smallest absolute Gasteiger partial charge is 0.00965 e. The van der Waals surface area contributed by atoms with Crippen LogP contribution in [0.5, 0.6) is 0 Å². The SMILES string of the molecule is CC1CC1CN[C@@H]1C[C@H]1C. The summed E-state index contributed by atoms with van der Waals surface area (Å²) in [6.45, 7) is 5.97. The van der Waals surface area contributed by atoms with Crippen LogP contribution in [0.25, 0.3) is 0 Å². The van der Waals surface area contributed by atoms with Gasteiger partial charge in [0.15, 0.2) is 0 Å². The zero-order chi connectivity index (χ0) is 7.14. The maximum absolute atomic E-state index is 3.60. The van der Waals surface area contributed by atoms with E-state index in [1.807, 2.05) is 0 Å². The van der Waals surface area contributed by atoms with Crippen LogP contribution in [-0.4, -0.2) is 12.6 Å². The molecule has 0 amide bonds. The normalized spacial score (nSPS) is 51.0. The number of hydrogen-bond acceptors (Lipinski definition) is 1. The van der Waals surface area contributed by atoms with Gasteiger partial charge in [-0.05, 0) is 37.1 Å². The third kappa shape index (κ3) is 1.34. The van der Waals surface area contributed by atoms with E-state index in [-0.39, 0.29) is 0 Å². The molecule has 58 valence electrons. The van der Waals surface area contributed by atoms with E-state index in [0.29, 0.717) is 0 Å². The highest BCUT2D eigenvalue weighted by Crippen LogP contribution is 2.38. The molecule has 1 heteroatoms. The van der Waals surface area contributed by atoms with Crippen LogP contribution < -0.4 is 5.32 Å². The summed E-state index contributed by atoms with van der Waals surface area (Å²) in [7, 11) is 0. The van der Waals surface area contributed by atoms with Gasteiger partial charge in [-0.15, -0.1) is 0 Å². The second-order valence-corrected chi connectivity index (χ2v) is 4.20. The third-order valence-corrected chi connectivity index (χ3v) is 3.03. The summed E-state index contributed by atoms with van der Waals surface area (Å²) in [6, 6.07) is 0.882. The van der Waals surface area contributed by atoms with Crippen molar-refractivity contribution in [3.8, 4) is 0 Å². The van der Waals surface area contributed by atoms with E-state index >= 15 is 0 Å². The maximum Gasteiger partial charge on any atom is 0.00965 e. The standard InChI is InChI=1S/C9H17N/c1-6-3-8(6)5-10-9-4-7(9)2/h6-10H,3-5H2,1-2H3/t6?,7-,8?,9-/m1/s1. The van der Waals surface area contributed by atoms with Gasteiger partial charge in [-0.2, -0.15) is 0 Å². The Kier molecular flexibility index (Phi) is 1.48. The van der Waals surface area contributed by atoms with Gasteiger partial charge in [-0.1, -0.05) is 13.8 Å². The third-order valence-electron chi connectivity index (χ3n) is 3.03. The fourth-order valence-electron chi connectivity index (χ4n) is 1.59. The van der Waals surface area contributed by atoms with E-state index in [4.69, 9.17) is 0 Å². The fraction of sp³-hybridized carbons (Fsp3) is 1.00. The molecule has 10 heavy (non-hydrogen) atoms. The molecule has 0 aromatic rings. The second-order valence-electron chi connectivity index (χ2n) is 4.20. The van der Waals surface area contributed by atoms with E-state index in [2.05, 4.69) is 19.2 Å². The summed E-state index contributed by atoms with van der Waals surface area (Å²) in [4.78, 5) is 0. The molecule has 4 atom stereocenters. The minimum atomic E-state index is 0.882. The zero-order valence-electron chi connectivity index (χ0n) is 6.93. The summed E-state index contributed by atoms with van der Waals surface area (Å²) < 4.78 is 0. The second kappa shape index (κ2) is 2.23. The minimum Gasteiger partial charge on any atom is -0.313 e. The molecule has 0 aromatic heterocycles. The molecule has 0 bridgehead atoms. The average molecular weight is 139 g/mol. The number of hydrogen-bond donors (Lipinski definition) is 1. The summed E-state index contributed by atoms with van der Waals surface area (Å²) >= 11 is 0. The molecule has 2 aliphatic carbocycles. The molecule has 2 rings (SSSR count). The van der Waals surface area contributed by atoms with Crippen molar-refractivity contribution in [3.05, 3.63) is 0 Å². The zero-order valence-corrected chi connectivity index (χ0v) is 6.93. The highest BCUT2D eigenvalue weighted by molar-refractivity contribution is 4.92. The fourth-order valence-corrected chi connectivity index (χ4v) is 1.59. The van der Waals surface area contributed by atoms with Crippen LogP contribution in [0.3, 0.4) is 0 Å². The van der Waals surface area contributed by atoms with E-state index in [1.54, 1.807) is 0 Å². The Morgan fingerprint density at radius 1 is 1.20 bits per heavy atom. The predicted molar refractivity (Wildman–Crippen MR) is 42.8 cm³/mol. The van der Waals surface area contributed by atoms with Gasteiger partial charge in [0.25, 0.3) is 0 Å². The van der Waals surface area contributed by atoms with Crippen LogP contribution in [0.1, 0.15) is 26.7 Å². The summed E-state index contributed by atoms with van der Waals surface area (Å²) in [5.41, 5.74) is 0. The first-order chi connectivity index (χ1) is 4.77. The van der Waals surface area contributed by atoms with Gasteiger partial charge in [0.05, 0.1) is 0 Å². The van der Waals surface area contributed by atoms with Crippen molar-refractivity contribution in [2.24, 2.45) is 17.8 Å². The van der Waals surface area contributed by atoms with Crippen molar-refractivity contribution in [1.82, 2.24) is 5.32 Å². The highest BCUT2D eigenvalue weighted by atomic mass is 15.0. The molecule has 0 radical (unpaired) electrons. The van der Waals surface area contributed by atoms with Crippen LogP contribution in [0.2, 0.25) is 0 Å². The van der Waals surface area contributed by atoms with Crippen molar-refractivity contribution in [1.29, 1.82) is 0 Å². The molecule has 0 heterocycles. The lowest BCUT2D eigenvalue weighted by Crippen LogP contribution is -2.20. The van der Waals surface area contributed by atoms with Crippen LogP contribution in [-0.2, 0) is 0 Å². The van der Waals surface area contributed by atoms with Gasteiger partial charge in [0.1, 0.15) is 0 Å². The van der Waals surface area contributed by atoms with Crippen LogP contribution >= 0.6 is 0 Å². The summed E-state index contributed by atoms with van der Waals surface area (Å²) in [6.07, 6.45) is 2.88. The monoisotopic (exact) mass is 139 g/mol. The van der Waals surface area contributed by atoms with Crippen molar-refractivity contribution in [2.45, 2.75) is 32.7 Å². The first kappa shape index (κ1) is 6.66. The molecule has 0 spiro atoms.